The number of nitrogens with one attached hydrogen (secondary N) is 1. The van der Waals surface area contributed by atoms with Crippen molar-refractivity contribution in [3.05, 3.63) is 31.5 Å². The van der Waals surface area contributed by atoms with Crippen molar-refractivity contribution < 1.29 is 18.6 Å². The average Bonchev–Trinajstić information content (AvgIpc) is 2.56. The highest BCUT2D eigenvalue weighted by Gasteiger charge is 2.59. The molecule has 0 aromatic carbocycles. The van der Waals surface area contributed by atoms with Crippen LogP contribution in [-0.4, -0.2) is 38.7 Å². The molecule has 106 valence electrons. The number of H-pyrrole nitrogens is 1. The molecule has 0 aliphatic carbocycles. The first kappa shape index (κ1) is 14.6. The number of aromatic nitrogens is 2. The minimum absolute atomic E-state index is 0.115. The molecule has 1 saturated heterocycles. The number of rotatable bonds is 2. The molecule has 6 nitrogen and oxygen atoms in total. The zero-order chi connectivity index (χ0) is 14.4. The molecular formula is C9H8BrClF2N2O4. The molecule has 1 aliphatic rings. The molecule has 0 unspecified atom stereocenters. The molecule has 19 heavy (non-hydrogen) atoms. The van der Waals surface area contributed by atoms with Crippen molar-refractivity contribution >= 4 is 27.5 Å². The van der Waals surface area contributed by atoms with Crippen molar-refractivity contribution in [2.75, 3.05) is 5.88 Å². The van der Waals surface area contributed by atoms with E-state index in [0.29, 0.717) is 4.57 Å². The number of alkyl halides is 3. The summed E-state index contributed by atoms with van der Waals surface area (Å²) in [7, 11) is 0. The number of halogens is 4. The van der Waals surface area contributed by atoms with Crippen molar-refractivity contribution in [1.82, 2.24) is 9.55 Å². The van der Waals surface area contributed by atoms with E-state index in [2.05, 4.69) is 15.9 Å². The van der Waals surface area contributed by atoms with Gasteiger partial charge in [0.15, 0.2) is 0 Å². The Balaban J connectivity index is 2.51. The predicted octanol–water partition coefficient (Wildman–Crippen LogP) is 0.432. The van der Waals surface area contributed by atoms with Crippen molar-refractivity contribution in [2.45, 2.75) is 24.4 Å². The van der Waals surface area contributed by atoms with Gasteiger partial charge in [-0.25, -0.2) is 4.79 Å². The number of aliphatic hydroxyl groups excluding tert-OH is 1. The first-order valence-corrected chi connectivity index (χ1v) is 6.40. The van der Waals surface area contributed by atoms with Gasteiger partial charge in [-0.2, -0.15) is 8.78 Å². The normalized spacial score (nSPS) is 29.6. The zero-order valence-electron chi connectivity index (χ0n) is 9.15. The van der Waals surface area contributed by atoms with Crippen LogP contribution in [0.25, 0.3) is 0 Å². The van der Waals surface area contributed by atoms with Crippen LogP contribution >= 0.6 is 27.5 Å². The monoisotopic (exact) mass is 360 g/mol. The summed E-state index contributed by atoms with van der Waals surface area (Å²) in [5.41, 5.74) is -1.82. The lowest BCUT2D eigenvalue weighted by atomic mass is 10.1. The highest BCUT2D eigenvalue weighted by atomic mass is 79.9. The summed E-state index contributed by atoms with van der Waals surface area (Å²) in [5, 5.41) is 9.40. The van der Waals surface area contributed by atoms with E-state index in [-0.39, 0.29) is 10.4 Å². The van der Waals surface area contributed by atoms with Gasteiger partial charge >= 0.3 is 11.6 Å². The van der Waals surface area contributed by atoms with E-state index in [4.69, 9.17) is 16.3 Å². The molecule has 1 aromatic rings. The van der Waals surface area contributed by atoms with Crippen molar-refractivity contribution in [1.29, 1.82) is 0 Å². The van der Waals surface area contributed by atoms with Gasteiger partial charge in [0.05, 0.1) is 10.4 Å². The zero-order valence-corrected chi connectivity index (χ0v) is 11.5. The van der Waals surface area contributed by atoms with Gasteiger partial charge in [0.25, 0.3) is 5.56 Å². The van der Waals surface area contributed by atoms with Gasteiger partial charge in [-0.05, 0) is 15.9 Å². The maximum Gasteiger partial charge on any atom is 0.330 e. The summed E-state index contributed by atoms with van der Waals surface area (Å²) >= 11 is 8.23. The summed E-state index contributed by atoms with van der Waals surface area (Å²) in [6, 6.07) is 0. The quantitative estimate of drug-likeness (QED) is 0.748. The number of aromatic amines is 1. The van der Waals surface area contributed by atoms with Gasteiger partial charge in [-0.15, -0.1) is 11.6 Å². The molecule has 0 spiro atoms. The van der Waals surface area contributed by atoms with Crippen molar-refractivity contribution in [3.63, 3.8) is 0 Å². The van der Waals surface area contributed by atoms with Crippen LogP contribution in [0.2, 0.25) is 0 Å². The van der Waals surface area contributed by atoms with Crippen LogP contribution in [0.5, 0.6) is 0 Å². The Kier molecular flexibility index (Phi) is 3.83. The van der Waals surface area contributed by atoms with Crippen LogP contribution < -0.4 is 11.2 Å². The second kappa shape index (κ2) is 4.97. The maximum absolute atomic E-state index is 13.8. The molecule has 10 heteroatoms. The Morgan fingerprint density at radius 2 is 2.21 bits per heavy atom. The minimum atomic E-state index is -3.71. The first-order valence-electron chi connectivity index (χ1n) is 5.07. The van der Waals surface area contributed by atoms with E-state index in [1.54, 1.807) is 0 Å². The molecule has 0 saturated carbocycles. The number of ether oxygens (including phenoxy) is 1. The minimum Gasteiger partial charge on any atom is -0.384 e. The molecule has 1 fully saturated rings. The van der Waals surface area contributed by atoms with E-state index < -0.39 is 35.6 Å². The molecule has 1 aromatic heterocycles. The highest BCUT2D eigenvalue weighted by molar-refractivity contribution is 9.10. The summed E-state index contributed by atoms with van der Waals surface area (Å²) in [6.45, 7) is 0. The van der Waals surface area contributed by atoms with Gasteiger partial charge in [0, 0.05) is 6.20 Å². The topological polar surface area (TPSA) is 84.3 Å². The third kappa shape index (κ3) is 2.35. The van der Waals surface area contributed by atoms with Gasteiger partial charge in [-0.3, -0.25) is 14.3 Å². The molecule has 0 radical (unpaired) electrons. The van der Waals surface area contributed by atoms with Crippen LogP contribution in [0.15, 0.2) is 20.3 Å². The molecule has 3 atom stereocenters. The Morgan fingerprint density at radius 3 is 2.74 bits per heavy atom. The lowest BCUT2D eigenvalue weighted by Crippen LogP contribution is -2.42. The van der Waals surface area contributed by atoms with E-state index in [1.807, 2.05) is 4.98 Å². The summed E-state index contributed by atoms with van der Waals surface area (Å²) in [5.74, 6) is -4.06. The maximum atomic E-state index is 13.8. The fourth-order valence-electron chi connectivity index (χ4n) is 1.73. The Labute approximate surface area is 118 Å². The van der Waals surface area contributed by atoms with E-state index in [0.717, 1.165) is 6.20 Å². The molecule has 0 amide bonds. The van der Waals surface area contributed by atoms with Gasteiger partial charge in [0.1, 0.15) is 12.2 Å². The van der Waals surface area contributed by atoms with Crippen LogP contribution in [0.3, 0.4) is 0 Å². The Bertz CT molecular complexity index is 605. The third-order valence-electron chi connectivity index (χ3n) is 2.71. The molecule has 2 heterocycles. The number of hydrogen-bond donors (Lipinski definition) is 2. The van der Waals surface area contributed by atoms with E-state index in [1.165, 1.54) is 0 Å². The van der Waals surface area contributed by atoms with Gasteiger partial charge < -0.3 is 9.84 Å². The summed E-state index contributed by atoms with van der Waals surface area (Å²) in [4.78, 5) is 24.5. The van der Waals surface area contributed by atoms with Gasteiger partial charge in [-0.1, -0.05) is 0 Å². The molecule has 0 bridgehead atoms. The second-order valence-electron chi connectivity index (χ2n) is 3.94. The van der Waals surface area contributed by atoms with Crippen LogP contribution in [0, 0.1) is 0 Å². The number of hydrogen-bond acceptors (Lipinski definition) is 4. The van der Waals surface area contributed by atoms with Crippen LogP contribution in [0.4, 0.5) is 8.78 Å². The van der Waals surface area contributed by atoms with Crippen molar-refractivity contribution in [2.24, 2.45) is 0 Å². The molecule has 2 N–H and O–H groups in total. The standard InChI is InChI=1S/C9H8BrClF2N2O4/c10-3-2-15(8(18)14-6(3)17)7-9(12,13)5(16)4(1-11)19-7/h2,4-5,7,16H,1H2,(H,14,17,18)/t4-,5-,7-/m1/s1. The Hall–Kier alpha value is -0.770. The van der Waals surface area contributed by atoms with Crippen LogP contribution in [-0.2, 0) is 4.74 Å². The average molecular weight is 362 g/mol. The fraction of sp³-hybridized carbons (Fsp3) is 0.556. The lowest BCUT2D eigenvalue weighted by molar-refractivity contribution is -0.140. The third-order valence-corrected chi connectivity index (χ3v) is 3.58. The van der Waals surface area contributed by atoms with E-state index >= 15 is 0 Å². The Morgan fingerprint density at radius 1 is 1.58 bits per heavy atom. The molecule has 2 rings (SSSR count). The predicted molar refractivity (Wildman–Crippen MR) is 64.6 cm³/mol. The lowest BCUT2D eigenvalue weighted by Gasteiger charge is -2.21. The summed E-state index contributed by atoms with van der Waals surface area (Å²) in [6.07, 6.45) is -4.60. The largest absolute Gasteiger partial charge is 0.384 e. The number of aliphatic hydroxyl groups is 1. The molecule has 1 aliphatic heterocycles. The second-order valence-corrected chi connectivity index (χ2v) is 5.11. The smallest absolute Gasteiger partial charge is 0.330 e. The number of nitrogens with zero attached hydrogens (tertiary/aromatic N) is 1. The van der Waals surface area contributed by atoms with Crippen LogP contribution in [0.1, 0.15) is 6.23 Å². The molecular weight excluding hydrogens is 353 g/mol. The fourth-order valence-corrected chi connectivity index (χ4v) is 2.29. The highest BCUT2D eigenvalue weighted by Crippen LogP contribution is 2.42. The van der Waals surface area contributed by atoms with Gasteiger partial charge in [0.2, 0.25) is 6.23 Å². The van der Waals surface area contributed by atoms with E-state index in [9.17, 15) is 23.5 Å². The SMILES string of the molecule is O=c1[nH]c(=O)n([C@@H]2O[C@H](CCl)[C@@H](O)C2(F)F)cc1Br. The first-order chi connectivity index (χ1) is 8.78. The summed E-state index contributed by atoms with van der Waals surface area (Å²) < 4.78 is 32.9. The van der Waals surface area contributed by atoms with Crippen molar-refractivity contribution in [3.8, 4) is 0 Å².